The monoisotopic (exact) mass is 522 g/mol. The van der Waals surface area contributed by atoms with Crippen LogP contribution in [-0.4, -0.2) is 35.6 Å². The molecule has 5 heteroatoms. The van der Waals surface area contributed by atoms with Gasteiger partial charge < -0.3 is 8.85 Å². The molecule has 0 saturated heterocycles. The highest BCUT2D eigenvalue weighted by atomic mass is 28.4. The highest BCUT2D eigenvalue weighted by molar-refractivity contribution is 6.74. The molecule has 0 N–H and O–H groups in total. The van der Waals surface area contributed by atoms with Gasteiger partial charge in [-0.25, -0.2) is 0 Å². The topological polar surface area (TPSA) is 18.5 Å². The molecule has 3 aliphatic carbocycles. The van der Waals surface area contributed by atoms with Crippen molar-refractivity contribution in [2.75, 3.05) is 0 Å². The third-order valence-electron chi connectivity index (χ3n) is 11.5. The first-order valence-corrected chi connectivity index (χ1v) is 20.8. The lowest BCUT2D eigenvalue weighted by Gasteiger charge is -2.63. The van der Waals surface area contributed by atoms with E-state index in [1.807, 2.05) is 0 Å². The molecule has 2 nitrogen and oxygen atoms in total. The van der Waals surface area contributed by atoms with Crippen LogP contribution < -0.4 is 0 Å². The molecule has 206 valence electrons. The molecule has 0 amide bonds. The largest absolute Gasteiger partial charge is 0.414 e. The van der Waals surface area contributed by atoms with Gasteiger partial charge in [0.1, 0.15) is 6.71 Å². The van der Waals surface area contributed by atoms with Gasteiger partial charge in [0.2, 0.25) is 0 Å². The van der Waals surface area contributed by atoms with E-state index in [1.54, 1.807) is 0 Å². The fourth-order valence-corrected chi connectivity index (χ4v) is 9.71. The van der Waals surface area contributed by atoms with Crippen LogP contribution in [0.15, 0.2) is 0 Å². The van der Waals surface area contributed by atoms with Crippen LogP contribution in [0, 0.1) is 23.2 Å². The highest BCUT2D eigenvalue weighted by Gasteiger charge is 2.57. The molecule has 2 bridgehead atoms. The van der Waals surface area contributed by atoms with Crippen molar-refractivity contribution in [3.63, 3.8) is 0 Å². The summed E-state index contributed by atoms with van der Waals surface area (Å²) in [5.41, 5.74) is 0.567. The second kappa shape index (κ2) is 10.9. The normalized spacial score (nSPS) is 28.9. The third-order valence-corrected chi connectivity index (χ3v) is 20.7. The van der Waals surface area contributed by atoms with Crippen molar-refractivity contribution in [1.29, 1.82) is 0 Å². The smallest absolute Gasteiger partial charge is 0.192 e. The number of hydrogen-bond acceptors (Lipinski definition) is 2. The molecule has 0 aromatic heterocycles. The molecule has 0 spiro atoms. The van der Waals surface area contributed by atoms with Crippen LogP contribution in [0.1, 0.15) is 102 Å². The maximum absolute atomic E-state index is 6.78. The van der Waals surface area contributed by atoms with Crippen molar-refractivity contribution < 1.29 is 8.85 Å². The second-order valence-corrected chi connectivity index (χ2v) is 25.9. The molecular formula is C30H63BO2Si2. The minimum atomic E-state index is -1.71. The van der Waals surface area contributed by atoms with E-state index in [0.29, 0.717) is 17.6 Å². The minimum Gasteiger partial charge on any atom is -0.414 e. The van der Waals surface area contributed by atoms with E-state index >= 15 is 0 Å². The molecule has 3 aliphatic rings. The summed E-state index contributed by atoms with van der Waals surface area (Å²) in [4.78, 5) is 0. The van der Waals surface area contributed by atoms with Gasteiger partial charge in [0.05, 0.1) is 0 Å². The van der Waals surface area contributed by atoms with Gasteiger partial charge in [-0.1, -0.05) is 87.2 Å². The number of rotatable bonds is 11. The van der Waals surface area contributed by atoms with Crippen LogP contribution in [0.3, 0.4) is 0 Å². The Bertz CT molecular complexity index is 653. The number of hydrogen-bond donors (Lipinski definition) is 0. The molecule has 0 aromatic rings. The average molecular weight is 523 g/mol. The molecule has 6 atom stereocenters. The Balaban J connectivity index is 2.06. The Kier molecular flexibility index (Phi) is 9.84. The summed E-state index contributed by atoms with van der Waals surface area (Å²) in [6.07, 6.45) is 8.70. The van der Waals surface area contributed by atoms with E-state index in [2.05, 4.69) is 102 Å². The van der Waals surface area contributed by atoms with Gasteiger partial charge in [0.15, 0.2) is 16.6 Å². The molecule has 1 unspecified atom stereocenters. The minimum absolute atomic E-state index is 0.280. The molecular weight excluding hydrogens is 459 g/mol. The molecule has 3 rings (SSSR count). The van der Waals surface area contributed by atoms with Crippen molar-refractivity contribution in [2.45, 2.75) is 169 Å². The van der Waals surface area contributed by atoms with Gasteiger partial charge in [-0.15, -0.1) is 0 Å². The third kappa shape index (κ3) is 7.29. The average Bonchev–Trinajstić information content (AvgIpc) is 2.65. The molecule has 0 radical (unpaired) electrons. The highest BCUT2D eigenvalue weighted by Crippen LogP contribution is 2.65. The Morgan fingerprint density at radius 3 is 1.51 bits per heavy atom. The maximum Gasteiger partial charge on any atom is 0.192 e. The zero-order chi connectivity index (χ0) is 27.2. The molecule has 0 aliphatic heterocycles. The standard InChI is InChI=1S/C30H63BO2Si2/c1-22(32-34(12,13)28(4,5)6)16-18-31(19-17-23(2)33-35(14,15)29(7,8)9)27-21-25-20-26(24(27)3)30(25,10)11/h22-27H,16-21H2,1-15H3/t22-,23?,24+,25-,26+,27+/m0/s1. The van der Waals surface area contributed by atoms with Gasteiger partial charge >= 0.3 is 0 Å². The van der Waals surface area contributed by atoms with E-state index in [9.17, 15) is 0 Å². The molecule has 0 aromatic carbocycles. The van der Waals surface area contributed by atoms with E-state index in [0.717, 1.165) is 30.3 Å². The summed E-state index contributed by atoms with van der Waals surface area (Å²) in [6, 6.07) is 0. The summed E-state index contributed by atoms with van der Waals surface area (Å²) in [5, 5.41) is 0.559. The maximum atomic E-state index is 6.78. The lowest BCUT2D eigenvalue weighted by atomic mass is 9.27. The Morgan fingerprint density at radius 1 is 0.800 bits per heavy atom. The first-order chi connectivity index (χ1) is 15.6. The van der Waals surface area contributed by atoms with Crippen LogP contribution >= 0.6 is 0 Å². The zero-order valence-corrected chi connectivity index (χ0v) is 28.6. The van der Waals surface area contributed by atoms with E-state index in [4.69, 9.17) is 8.85 Å². The fourth-order valence-electron chi connectivity index (χ4n) is 6.76. The summed E-state index contributed by atoms with van der Waals surface area (Å²) in [6.45, 7) is 36.9. The van der Waals surface area contributed by atoms with Crippen molar-refractivity contribution >= 4 is 23.3 Å². The van der Waals surface area contributed by atoms with E-state index in [1.165, 1.54) is 38.3 Å². The molecule has 3 saturated carbocycles. The Labute approximate surface area is 223 Å². The quantitative estimate of drug-likeness (QED) is 0.251. The van der Waals surface area contributed by atoms with Crippen LogP contribution in [0.5, 0.6) is 0 Å². The van der Waals surface area contributed by atoms with Crippen LogP contribution in [0.25, 0.3) is 0 Å². The van der Waals surface area contributed by atoms with E-state index < -0.39 is 16.6 Å². The fraction of sp³-hybridized carbons (Fsp3) is 1.00. The van der Waals surface area contributed by atoms with Crippen LogP contribution in [0.2, 0.25) is 54.7 Å². The van der Waals surface area contributed by atoms with Gasteiger partial charge in [-0.3, -0.25) is 0 Å². The summed E-state index contributed by atoms with van der Waals surface area (Å²) >= 11 is 0. The van der Waals surface area contributed by atoms with Gasteiger partial charge in [0.25, 0.3) is 0 Å². The summed E-state index contributed by atoms with van der Waals surface area (Å²) in [7, 11) is -3.43. The van der Waals surface area contributed by atoms with Crippen molar-refractivity contribution in [3.8, 4) is 0 Å². The lowest BCUT2D eigenvalue weighted by Crippen LogP contribution is -2.55. The van der Waals surface area contributed by atoms with Crippen molar-refractivity contribution in [2.24, 2.45) is 23.2 Å². The lowest BCUT2D eigenvalue weighted by molar-refractivity contribution is -0.0993. The Hall–Kier alpha value is 0.419. The summed E-state index contributed by atoms with van der Waals surface area (Å²) < 4.78 is 13.6. The zero-order valence-electron chi connectivity index (χ0n) is 26.6. The van der Waals surface area contributed by atoms with Crippen molar-refractivity contribution in [3.05, 3.63) is 0 Å². The Morgan fingerprint density at radius 2 is 1.20 bits per heavy atom. The first kappa shape index (κ1) is 31.6. The second-order valence-electron chi connectivity index (χ2n) is 16.4. The number of fused-ring (bicyclic) bond motifs is 2. The van der Waals surface area contributed by atoms with Crippen molar-refractivity contribution in [1.82, 2.24) is 0 Å². The predicted octanol–water partition coefficient (Wildman–Crippen LogP) is 10.2. The van der Waals surface area contributed by atoms with Gasteiger partial charge in [-0.2, -0.15) is 0 Å². The molecule has 35 heavy (non-hydrogen) atoms. The summed E-state index contributed by atoms with van der Waals surface area (Å²) in [5.74, 6) is 3.61. The van der Waals surface area contributed by atoms with Gasteiger partial charge in [0, 0.05) is 12.2 Å². The van der Waals surface area contributed by atoms with E-state index in [-0.39, 0.29) is 10.1 Å². The SMILES string of the molecule is CC(CCB(CC[C@H](C)O[Si](C)(C)C(C)(C)C)[C@@H]1C[C@@H]2C[C@H]([C@H]1C)C2(C)C)O[Si](C)(C)C(C)(C)C. The molecule has 3 fully saturated rings. The predicted molar refractivity (Wildman–Crippen MR) is 163 cm³/mol. The molecule has 0 heterocycles. The first-order valence-electron chi connectivity index (χ1n) is 15.0. The van der Waals surface area contributed by atoms with Crippen LogP contribution in [-0.2, 0) is 8.85 Å². The van der Waals surface area contributed by atoms with Gasteiger partial charge in [-0.05, 0) is 92.5 Å². The van der Waals surface area contributed by atoms with Crippen LogP contribution in [0.4, 0.5) is 0 Å².